The fourth-order valence-electron chi connectivity index (χ4n) is 5.12. The summed E-state index contributed by atoms with van der Waals surface area (Å²) in [4.78, 5) is 19.9. The molecule has 5 rings (SSSR count). The number of carbonyl (C=O) groups excluding carboxylic acids is 1. The van der Waals surface area contributed by atoms with Crippen molar-refractivity contribution in [3.63, 3.8) is 0 Å². The van der Waals surface area contributed by atoms with Gasteiger partial charge in [-0.15, -0.1) is 11.3 Å². The van der Waals surface area contributed by atoms with Gasteiger partial charge in [-0.05, 0) is 36.4 Å². The molecule has 0 unspecified atom stereocenters. The zero-order chi connectivity index (χ0) is 20.2. The Morgan fingerprint density at radius 1 is 1.41 bits per heavy atom. The van der Waals surface area contributed by atoms with Crippen LogP contribution in [0.5, 0.6) is 0 Å². The van der Waals surface area contributed by atoms with Crippen molar-refractivity contribution in [2.75, 3.05) is 30.8 Å². The molecule has 2 bridgehead atoms. The van der Waals surface area contributed by atoms with Crippen LogP contribution in [-0.4, -0.2) is 56.9 Å². The number of ether oxygens (including phenoxy) is 1. The van der Waals surface area contributed by atoms with Gasteiger partial charge >= 0.3 is 0 Å². The minimum Gasteiger partial charge on any atom is -0.369 e. The van der Waals surface area contributed by atoms with Crippen LogP contribution in [0.25, 0.3) is 0 Å². The molecule has 4 atom stereocenters. The molecule has 0 aliphatic carbocycles. The van der Waals surface area contributed by atoms with Crippen LogP contribution < -0.4 is 10.2 Å². The zero-order valence-corrected chi connectivity index (χ0v) is 17.7. The first kappa shape index (κ1) is 19.0. The van der Waals surface area contributed by atoms with Gasteiger partial charge in [-0.2, -0.15) is 0 Å². The number of nitrogens with zero attached hydrogens (tertiary/aromatic N) is 2. The highest BCUT2D eigenvalue weighted by Gasteiger charge is 2.63. The lowest BCUT2D eigenvalue weighted by Gasteiger charge is -2.29. The second-order valence-corrected chi connectivity index (χ2v) is 11.2. The van der Waals surface area contributed by atoms with E-state index in [0.29, 0.717) is 12.5 Å². The minimum absolute atomic E-state index is 0.0234. The topological polar surface area (TPSA) is 88.6 Å². The molecule has 0 aromatic carbocycles. The van der Waals surface area contributed by atoms with Crippen molar-refractivity contribution in [3.05, 3.63) is 40.7 Å². The summed E-state index contributed by atoms with van der Waals surface area (Å²) in [5.41, 5.74) is -0.180. The van der Waals surface area contributed by atoms with Crippen molar-refractivity contribution in [2.24, 2.45) is 11.8 Å². The highest BCUT2D eigenvalue weighted by molar-refractivity contribution is 7.90. The summed E-state index contributed by atoms with van der Waals surface area (Å²) >= 11 is 1.44. The SMILES string of the molecule is CS(=O)(=O)c1ccc(N2C[C@@H]3[C@H](CNC(=O)c4cccs4)[C@H]4CC[C@]3(C2)O4)nc1. The molecule has 3 aliphatic heterocycles. The number of aromatic nitrogens is 1. The molecule has 0 saturated carbocycles. The van der Waals surface area contributed by atoms with Gasteiger partial charge in [0, 0.05) is 43.9 Å². The third-order valence-electron chi connectivity index (χ3n) is 6.50. The van der Waals surface area contributed by atoms with E-state index in [9.17, 15) is 13.2 Å². The van der Waals surface area contributed by atoms with Gasteiger partial charge < -0.3 is 15.0 Å². The molecule has 3 aliphatic rings. The Morgan fingerprint density at radius 3 is 2.97 bits per heavy atom. The fraction of sp³-hybridized carbons (Fsp3) is 0.500. The lowest BCUT2D eigenvalue weighted by molar-refractivity contribution is 0.0141. The minimum atomic E-state index is -3.26. The molecule has 3 saturated heterocycles. The number of sulfone groups is 1. The monoisotopic (exact) mass is 433 g/mol. The number of rotatable bonds is 5. The lowest BCUT2D eigenvalue weighted by Crippen LogP contribution is -2.41. The summed E-state index contributed by atoms with van der Waals surface area (Å²) in [5, 5.41) is 4.99. The summed E-state index contributed by atoms with van der Waals surface area (Å²) in [6.45, 7) is 2.18. The van der Waals surface area contributed by atoms with Crippen molar-refractivity contribution in [2.45, 2.75) is 29.4 Å². The molecular weight excluding hydrogens is 410 g/mol. The average Bonchev–Trinajstić information content (AvgIpc) is 3.46. The smallest absolute Gasteiger partial charge is 0.261 e. The fourth-order valence-corrected chi connectivity index (χ4v) is 6.32. The van der Waals surface area contributed by atoms with Gasteiger partial charge in [0.2, 0.25) is 0 Å². The highest BCUT2D eigenvalue weighted by Crippen LogP contribution is 2.55. The van der Waals surface area contributed by atoms with Gasteiger partial charge in [0.25, 0.3) is 5.91 Å². The third-order valence-corrected chi connectivity index (χ3v) is 8.47. The van der Waals surface area contributed by atoms with Gasteiger partial charge in [0.05, 0.1) is 21.5 Å². The molecule has 9 heteroatoms. The number of thiophene rings is 1. The maximum Gasteiger partial charge on any atom is 0.261 e. The van der Waals surface area contributed by atoms with Crippen molar-refractivity contribution in [1.29, 1.82) is 0 Å². The lowest BCUT2D eigenvalue weighted by atomic mass is 9.73. The number of anilines is 1. The molecule has 1 amide bonds. The zero-order valence-electron chi connectivity index (χ0n) is 16.1. The van der Waals surface area contributed by atoms with E-state index < -0.39 is 9.84 Å². The summed E-state index contributed by atoms with van der Waals surface area (Å²) in [6.07, 6.45) is 4.85. The third kappa shape index (κ3) is 3.25. The molecule has 2 aromatic rings. The average molecular weight is 434 g/mol. The van der Waals surface area contributed by atoms with Crippen molar-refractivity contribution < 1.29 is 17.9 Å². The van der Waals surface area contributed by atoms with Crippen LogP contribution in [0.15, 0.2) is 40.7 Å². The van der Waals surface area contributed by atoms with E-state index in [4.69, 9.17) is 4.74 Å². The molecule has 2 aromatic heterocycles. The number of nitrogens with one attached hydrogen (secondary N) is 1. The summed E-state index contributed by atoms with van der Waals surface area (Å²) in [7, 11) is -3.26. The molecule has 5 heterocycles. The van der Waals surface area contributed by atoms with E-state index in [1.165, 1.54) is 23.8 Å². The van der Waals surface area contributed by atoms with Crippen LogP contribution >= 0.6 is 11.3 Å². The Kier molecular flexibility index (Phi) is 4.45. The number of carbonyl (C=O) groups is 1. The van der Waals surface area contributed by atoms with Crippen LogP contribution in [0.4, 0.5) is 5.82 Å². The highest BCUT2D eigenvalue weighted by atomic mass is 32.2. The quantitative estimate of drug-likeness (QED) is 0.776. The normalized spacial score (nSPS) is 30.5. The number of fused-ring (bicyclic) bond motifs is 1. The molecular formula is C20H23N3O4S2. The number of hydrogen-bond acceptors (Lipinski definition) is 7. The van der Waals surface area contributed by atoms with Gasteiger partial charge in [0.1, 0.15) is 5.82 Å². The first-order valence-corrected chi connectivity index (χ1v) is 12.5. The number of amides is 1. The van der Waals surface area contributed by atoms with Crippen LogP contribution in [0, 0.1) is 11.8 Å². The van der Waals surface area contributed by atoms with E-state index >= 15 is 0 Å². The van der Waals surface area contributed by atoms with Crippen molar-refractivity contribution in [3.8, 4) is 0 Å². The molecule has 1 N–H and O–H groups in total. The predicted octanol–water partition coefficient (Wildman–Crippen LogP) is 1.96. The van der Waals surface area contributed by atoms with Gasteiger partial charge in [0.15, 0.2) is 9.84 Å². The van der Waals surface area contributed by atoms with Crippen LogP contribution in [0.2, 0.25) is 0 Å². The van der Waals surface area contributed by atoms with Gasteiger partial charge in [-0.25, -0.2) is 13.4 Å². The molecule has 1 spiro atoms. The Bertz CT molecular complexity index is 1020. The van der Waals surface area contributed by atoms with E-state index in [1.807, 2.05) is 17.5 Å². The molecule has 154 valence electrons. The molecule has 29 heavy (non-hydrogen) atoms. The van der Waals surface area contributed by atoms with Gasteiger partial charge in [-0.3, -0.25) is 4.79 Å². The summed E-state index contributed by atoms with van der Waals surface area (Å²) in [5.74, 6) is 1.37. The first-order chi connectivity index (χ1) is 13.9. The Hall–Kier alpha value is -1.97. The molecule has 7 nitrogen and oxygen atoms in total. The van der Waals surface area contributed by atoms with Crippen molar-refractivity contribution >= 4 is 32.9 Å². The Balaban J connectivity index is 1.30. The van der Waals surface area contributed by atoms with Crippen molar-refractivity contribution in [1.82, 2.24) is 10.3 Å². The standard InChI is InChI=1S/C20H23N3O4S2/c1-29(25,26)13-4-5-18(21-9-13)23-11-15-14(16-6-7-20(15,12-23)27-16)10-22-19(24)17-3-2-8-28-17/h2-5,8-9,14-16H,6-7,10-12H2,1H3,(H,22,24)/t14-,15+,16+,20+/m0/s1. The second kappa shape index (κ2) is 6.78. The maximum absolute atomic E-state index is 12.3. The van der Waals surface area contributed by atoms with Crippen LogP contribution in [0.3, 0.4) is 0 Å². The number of pyridine rings is 1. The first-order valence-electron chi connectivity index (χ1n) is 9.76. The van der Waals surface area contributed by atoms with E-state index in [1.54, 1.807) is 12.1 Å². The van der Waals surface area contributed by atoms with E-state index in [0.717, 1.165) is 36.6 Å². The Morgan fingerprint density at radius 2 is 2.28 bits per heavy atom. The Labute approximate surface area is 174 Å². The number of hydrogen-bond donors (Lipinski definition) is 1. The summed E-state index contributed by atoms with van der Waals surface area (Å²) in [6, 6.07) is 7.10. The van der Waals surface area contributed by atoms with Crippen LogP contribution in [0.1, 0.15) is 22.5 Å². The molecule has 3 fully saturated rings. The second-order valence-electron chi connectivity index (χ2n) is 8.22. The predicted molar refractivity (Wildman–Crippen MR) is 110 cm³/mol. The van der Waals surface area contributed by atoms with Crippen LogP contribution in [-0.2, 0) is 14.6 Å². The summed E-state index contributed by atoms with van der Waals surface area (Å²) < 4.78 is 29.8. The molecule has 0 radical (unpaired) electrons. The van der Waals surface area contributed by atoms with Gasteiger partial charge in [-0.1, -0.05) is 6.07 Å². The maximum atomic E-state index is 12.3. The largest absolute Gasteiger partial charge is 0.369 e. The van der Waals surface area contributed by atoms with E-state index in [2.05, 4.69) is 15.2 Å². The van der Waals surface area contributed by atoms with E-state index in [-0.39, 0.29) is 28.4 Å².